The van der Waals surface area contributed by atoms with Gasteiger partial charge in [0.25, 0.3) is 0 Å². The van der Waals surface area contributed by atoms with Crippen molar-refractivity contribution < 1.29 is 4.79 Å². The molecule has 0 unspecified atom stereocenters. The predicted molar refractivity (Wildman–Crippen MR) is 106 cm³/mol. The van der Waals surface area contributed by atoms with Crippen LogP contribution in [0.2, 0.25) is 0 Å². The molecular formula is C21H21N5O. The van der Waals surface area contributed by atoms with Crippen LogP contribution in [-0.4, -0.2) is 53.4 Å². The number of nitrogens with one attached hydrogen (secondary N) is 1. The summed E-state index contributed by atoms with van der Waals surface area (Å²) < 4.78 is 0. The fourth-order valence-corrected chi connectivity index (χ4v) is 3.92. The van der Waals surface area contributed by atoms with E-state index in [0.29, 0.717) is 6.54 Å². The van der Waals surface area contributed by atoms with Gasteiger partial charge in [0, 0.05) is 37.4 Å². The summed E-state index contributed by atoms with van der Waals surface area (Å²) in [6.07, 6.45) is 0. The Morgan fingerprint density at radius 1 is 0.926 bits per heavy atom. The van der Waals surface area contributed by atoms with Gasteiger partial charge in [0.1, 0.15) is 11.6 Å². The molecule has 0 aliphatic carbocycles. The Morgan fingerprint density at radius 3 is 2.56 bits per heavy atom. The molecule has 2 aliphatic rings. The lowest BCUT2D eigenvalue weighted by Crippen LogP contribution is -2.46. The molecule has 0 amide bonds. The molecule has 0 spiro atoms. The van der Waals surface area contributed by atoms with Crippen LogP contribution >= 0.6 is 0 Å². The lowest BCUT2D eigenvalue weighted by Gasteiger charge is -2.35. The number of para-hydroxylation sites is 1. The van der Waals surface area contributed by atoms with E-state index in [1.165, 1.54) is 5.69 Å². The zero-order chi connectivity index (χ0) is 18.2. The minimum Gasteiger partial charge on any atom is -0.369 e. The summed E-state index contributed by atoms with van der Waals surface area (Å²) in [5.74, 6) is 1.69. The van der Waals surface area contributed by atoms with Gasteiger partial charge in [0.05, 0.1) is 24.0 Å². The summed E-state index contributed by atoms with van der Waals surface area (Å²) in [5, 5.41) is 4.01. The molecular weight excluding hydrogens is 338 g/mol. The fraction of sp³-hybridized carbons (Fsp3) is 0.286. The quantitative estimate of drug-likeness (QED) is 0.776. The number of Topliss-reactive ketones (excluding diaryl/α,β-unsaturated/α-hetero) is 1. The van der Waals surface area contributed by atoms with E-state index in [2.05, 4.69) is 45.4 Å². The fourth-order valence-electron chi connectivity index (χ4n) is 3.92. The number of carbonyl (C=O) groups is 1. The lowest BCUT2D eigenvalue weighted by molar-refractivity contribution is 0.101. The van der Waals surface area contributed by atoms with E-state index in [1.54, 1.807) is 0 Å². The summed E-state index contributed by atoms with van der Waals surface area (Å²) >= 11 is 0. The molecule has 1 N–H and O–H groups in total. The number of piperazine rings is 1. The maximum atomic E-state index is 12.1. The van der Waals surface area contributed by atoms with Crippen LogP contribution in [0, 0.1) is 0 Å². The molecule has 3 aromatic rings. The standard InChI is InChI=1S/C21H21N5O/c27-18-13-22-21-20-16(18)7-4-8-17(20)23-19(24-21)14-25-9-11-26(12-10-25)15-5-2-1-3-6-15/h1-8H,9-14H2,(H,22,23,24). The van der Waals surface area contributed by atoms with Crippen molar-refractivity contribution in [2.24, 2.45) is 0 Å². The number of aromatic nitrogens is 2. The van der Waals surface area contributed by atoms with Crippen LogP contribution in [0.25, 0.3) is 10.9 Å². The van der Waals surface area contributed by atoms with E-state index in [4.69, 9.17) is 9.97 Å². The molecule has 0 atom stereocenters. The predicted octanol–water partition coefficient (Wildman–Crippen LogP) is 2.56. The first-order valence-corrected chi connectivity index (χ1v) is 9.37. The molecule has 6 heteroatoms. The largest absolute Gasteiger partial charge is 0.369 e. The number of anilines is 2. The number of nitrogens with zero attached hydrogens (tertiary/aromatic N) is 4. The molecule has 1 aromatic heterocycles. The SMILES string of the molecule is O=C1CNc2nc(CN3CCN(c4ccccc4)CC3)nc3cccc1c23. The minimum absolute atomic E-state index is 0.0986. The molecule has 27 heavy (non-hydrogen) atoms. The van der Waals surface area contributed by atoms with E-state index < -0.39 is 0 Å². The smallest absolute Gasteiger partial charge is 0.182 e. The van der Waals surface area contributed by atoms with E-state index in [1.807, 2.05) is 18.2 Å². The maximum Gasteiger partial charge on any atom is 0.182 e. The topological polar surface area (TPSA) is 61.4 Å². The number of ketones is 1. The monoisotopic (exact) mass is 359 g/mol. The summed E-state index contributed by atoms with van der Waals surface area (Å²) in [6, 6.07) is 16.3. The highest BCUT2D eigenvalue weighted by molar-refractivity contribution is 6.15. The van der Waals surface area contributed by atoms with Crippen molar-refractivity contribution in [2.45, 2.75) is 6.54 Å². The van der Waals surface area contributed by atoms with Crippen molar-refractivity contribution in [1.82, 2.24) is 14.9 Å². The van der Waals surface area contributed by atoms with Gasteiger partial charge in [-0.05, 0) is 18.2 Å². The Bertz CT molecular complexity index is 996. The first-order chi connectivity index (χ1) is 13.3. The zero-order valence-corrected chi connectivity index (χ0v) is 15.1. The maximum absolute atomic E-state index is 12.1. The molecule has 1 saturated heterocycles. The normalized spacial score (nSPS) is 17.2. The lowest BCUT2D eigenvalue weighted by atomic mass is 10.0. The molecule has 5 rings (SSSR count). The van der Waals surface area contributed by atoms with E-state index in [-0.39, 0.29) is 5.78 Å². The van der Waals surface area contributed by atoms with Crippen LogP contribution in [0.3, 0.4) is 0 Å². The zero-order valence-electron chi connectivity index (χ0n) is 15.1. The molecule has 0 radical (unpaired) electrons. The summed E-state index contributed by atoms with van der Waals surface area (Å²) in [5.41, 5.74) is 2.85. The number of rotatable bonds is 3. The Balaban J connectivity index is 1.34. The van der Waals surface area contributed by atoms with Crippen molar-refractivity contribution >= 4 is 28.2 Å². The molecule has 2 aliphatic heterocycles. The van der Waals surface area contributed by atoms with Crippen LogP contribution in [0.1, 0.15) is 16.2 Å². The number of benzene rings is 2. The van der Waals surface area contributed by atoms with Gasteiger partial charge < -0.3 is 10.2 Å². The molecule has 0 bridgehead atoms. The first kappa shape index (κ1) is 16.2. The van der Waals surface area contributed by atoms with Crippen LogP contribution in [0.15, 0.2) is 48.5 Å². The van der Waals surface area contributed by atoms with Crippen LogP contribution in [0.4, 0.5) is 11.5 Å². The second-order valence-corrected chi connectivity index (χ2v) is 7.06. The minimum atomic E-state index is 0.0986. The number of hydrogen-bond donors (Lipinski definition) is 1. The van der Waals surface area contributed by atoms with Crippen LogP contribution in [-0.2, 0) is 6.54 Å². The Hall–Kier alpha value is -2.99. The third-order valence-electron chi connectivity index (χ3n) is 5.35. The van der Waals surface area contributed by atoms with Gasteiger partial charge in [-0.15, -0.1) is 0 Å². The van der Waals surface area contributed by atoms with E-state index >= 15 is 0 Å². The van der Waals surface area contributed by atoms with Crippen LogP contribution < -0.4 is 10.2 Å². The molecule has 0 saturated carbocycles. The van der Waals surface area contributed by atoms with Gasteiger partial charge in [-0.2, -0.15) is 0 Å². The molecule has 1 fully saturated rings. The molecule has 2 aromatic carbocycles. The van der Waals surface area contributed by atoms with Crippen LogP contribution in [0.5, 0.6) is 0 Å². The van der Waals surface area contributed by atoms with Crippen molar-refractivity contribution in [3.63, 3.8) is 0 Å². The summed E-state index contributed by atoms with van der Waals surface area (Å²) in [6.45, 7) is 5.00. The molecule has 136 valence electrons. The number of hydrogen-bond acceptors (Lipinski definition) is 6. The Kier molecular flexibility index (Phi) is 3.98. The first-order valence-electron chi connectivity index (χ1n) is 9.37. The third-order valence-corrected chi connectivity index (χ3v) is 5.35. The van der Waals surface area contributed by atoms with Crippen molar-refractivity contribution in [1.29, 1.82) is 0 Å². The van der Waals surface area contributed by atoms with Gasteiger partial charge in [-0.3, -0.25) is 9.69 Å². The average molecular weight is 359 g/mol. The highest BCUT2D eigenvalue weighted by atomic mass is 16.1. The second kappa shape index (κ2) is 6.63. The van der Waals surface area contributed by atoms with Crippen molar-refractivity contribution in [3.8, 4) is 0 Å². The average Bonchev–Trinajstić information content (AvgIpc) is 2.72. The number of carbonyl (C=O) groups excluding carboxylic acids is 1. The van der Waals surface area contributed by atoms with E-state index in [0.717, 1.165) is 60.8 Å². The molecule has 6 nitrogen and oxygen atoms in total. The van der Waals surface area contributed by atoms with Gasteiger partial charge in [-0.1, -0.05) is 30.3 Å². The highest BCUT2D eigenvalue weighted by Gasteiger charge is 2.23. The second-order valence-electron chi connectivity index (χ2n) is 7.06. The molecule has 3 heterocycles. The van der Waals surface area contributed by atoms with Crippen molar-refractivity contribution in [2.75, 3.05) is 42.9 Å². The Morgan fingerprint density at radius 2 is 1.74 bits per heavy atom. The van der Waals surface area contributed by atoms with Gasteiger partial charge in [0.2, 0.25) is 0 Å². The highest BCUT2D eigenvalue weighted by Crippen LogP contribution is 2.28. The van der Waals surface area contributed by atoms with Gasteiger partial charge in [-0.25, -0.2) is 9.97 Å². The Labute approximate surface area is 157 Å². The van der Waals surface area contributed by atoms with Crippen molar-refractivity contribution in [3.05, 3.63) is 59.9 Å². The summed E-state index contributed by atoms with van der Waals surface area (Å²) in [7, 11) is 0. The van der Waals surface area contributed by atoms with Gasteiger partial charge in [0.15, 0.2) is 5.78 Å². The van der Waals surface area contributed by atoms with Gasteiger partial charge >= 0.3 is 0 Å². The third kappa shape index (κ3) is 3.02. The summed E-state index contributed by atoms with van der Waals surface area (Å²) in [4.78, 5) is 26.3. The van der Waals surface area contributed by atoms with E-state index in [9.17, 15) is 4.79 Å².